The van der Waals surface area contributed by atoms with Gasteiger partial charge in [-0.3, -0.25) is 0 Å². The Kier molecular flexibility index (Phi) is 1.36. The van der Waals surface area contributed by atoms with Gasteiger partial charge in [-0.15, -0.1) is 10.2 Å². The second kappa shape index (κ2) is 2.54. The van der Waals surface area contributed by atoms with Gasteiger partial charge < -0.3 is 10.5 Å². The first kappa shape index (κ1) is 7.49. The largest absolute Gasteiger partial charge is 0.493 e. The van der Waals surface area contributed by atoms with Crippen LogP contribution in [0.2, 0.25) is 0 Å². The summed E-state index contributed by atoms with van der Waals surface area (Å²) in [5.41, 5.74) is 8.12. The Balaban J connectivity index is 2.33. The minimum atomic E-state index is 0.205. The standard InChI is InChI=1S/C9H8N4O/c10-9-11-6-3-5-1-2-14-8(5)4-7(6)12-13-9/h3-4H,1-2H2,(H2,10,11,13). The number of nitrogen functional groups attached to an aromatic ring is 1. The second-order valence-electron chi connectivity index (χ2n) is 3.22. The fourth-order valence-corrected chi connectivity index (χ4v) is 1.62. The summed E-state index contributed by atoms with van der Waals surface area (Å²) in [6.07, 6.45) is 0.926. The molecule has 0 amide bonds. The van der Waals surface area contributed by atoms with Gasteiger partial charge in [-0.2, -0.15) is 0 Å². The zero-order valence-corrected chi connectivity index (χ0v) is 7.40. The van der Waals surface area contributed by atoms with E-state index < -0.39 is 0 Å². The van der Waals surface area contributed by atoms with Gasteiger partial charge in [0.1, 0.15) is 11.3 Å². The number of hydrogen-bond acceptors (Lipinski definition) is 5. The molecule has 0 spiro atoms. The van der Waals surface area contributed by atoms with E-state index in [9.17, 15) is 0 Å². The fourth-order valence-electron chi connectivity index (χ4n) is 1.62. The second-order valence-corrected chi connectivity index (χ2v) is 3.22. The highest BCUT2D eigenvalue weighted by Gasteiger charge is 2.14. The van der Waals surface area contributed by atoms with Crippen molar-refractivity contribution in [2.24, 2.45) is 0 Å². The van der Waals surface area contributed by atoms with Gasteiger partial charge in [-0.05, 0) is 11.6 Å². The van der Waals surface area contributed by atoms with Crippen LogP contribution in [0.5, 0.6) is 5.75 Å². The maximum Gasteiger partial charge on any atom is 0.240 e. The summed E-state index contributed by atoms with van der Waals surface area (Å²) in [5, 5.41) is 7.63. The molecule has 0 bridgehead atoms. The molecule has 0 aliphatic carbocycles. The van der Waals surface area contributed by atoms with Crippen molar-refractivity contribution in [2.75, 3.05) is 12.3 Å². The van der Waals surface area contributed by atoms with Gasteiger partial charge in [0.05, 0.1) is 12.1 Å². The lowest BCUT2D eigenvalue weighted by Crippen LogP contribution is -1.97. The van der Waals surface area contributed by atoms with Crippen molar-refractivity contribution in [3.8, 4) is 5.75 Å². The third-order valence-corrected chi connectivity index (χ3v) is 2.28. The van der Waals surface area contributed by atoms with E-state index in [4.69, 9.17) is 10.5 Å². The molecule has 14 heavy (non-hydrogen) atoms. The van der Waals surface area contributed by atoms with E-state index in [-0.39, 0.29) is 5.95 Å². The molecule has 0 atom stereocenters. The van der Waals surface area contributed by atoms with Crippen LogP contribution < -0.4 is 10.5 Å². The van der Waals surface area contributed by atoms with E-state index in [1.165, 1.54) is 0 Å². The van der Waals surface area contributed by atoms with Crippen molar-refractivity contribution in [1.82, 2.24) is 15.2 Å². The van der Waals surface area contributed by atoms with Crippen molar-refractivity contribution in [3.05, 3.63) is 17.7 Å². The molecule has 2 N–H and O–H groups in total. The van der Waals surface area contributed by atoms with E-state index in [0.717, 1.165) is 35.4 Å². The first-order valence-electron chi connectivity index (χ1n) is 4.38. The van der Waals surface area contributed by atoms with Crippen molar-refractivity contribution >= 4 is 17.0 Å². The number of fused-ring (bicyclic) bond motifs is 2. The third kappa shape index (κ3) is 0.985. The summed E-state index contributed by atoms with van der Waals surface area (Å²) in [6, 6.07) is 3.82. The van der Waals surface area contributed by atoms with Crippen LogP contribution in [-0.2, 0) is 6.42 Å². The molecule has 5 nitrogen and oxygen atoms in total. The zero-order valence-electron chi connectivity index (χ0n) is 7.40. The zero-order chi connectivity index (χ0) is 9.54. The van der Waals surface area contributed by atoms with Crippen molar-refractivity contribution in [2.45, 2.75) is 6.42 Å². The third-order valence-electron chi connectivity index (χ3n) is 2.28. The van der Waals surface area contributed by atoms with Gasteiger partial charge in [0.15, 0.2) is 0 Å². The smallest absolute Gasteiger partial charge is 0.240 e. The summed E-state index contributed by atoms with van der Waals surface area (Å²) < 4.78 is 5.41. The number of rotatable bonds is 0. The van der Waals surface area contributed by atoms with E-state index in [2.05, 4.69) is 15.2 Å². The molecule has 1 aromatic carbocycles. The van der Waals surface area contributed by atoms with Crippen LogP contribution >= 0.6 is 0 Å². The van der Waals surface area contributed by atoms with Crippen LogP contribution in [-0.4, -0.2) is 21.8 Å². The van der Waals surface area contributed by atoms with Gasteiger partial charge in [0, 0.05) is 12.5 Å². The Morgan fingerprint density at radius 2 is 2.14 bits per heavy atom. The topological polar surface area (TPSA) is 73.9 Å². The van der Waals surface area contributed by atoms with E-state index in [1.807, 2.05) is 12.1 Å². The lowest BCUT2D eigenvalue weighted by atomic mass is 10.1. The monoisotopic (exact) mass is 188 g/mol. The molecule has 0 fully saturated rings. The lowest BCUT2D eigenvalue weighted by Gasteiger charge is -2.00. The normalized spacial score (nSPS) is 14.0. The number of anilines is 1. The van der Waals surface area contributed by atoms with Gasteiger partial charge >= 0.3 is 0 Å². The quantitative estimate of drug-likeness (QED) is 0.653. The lowest BCUT2D eigenvalue weighted by molar-refractivity contribution is 0.357. The molecule has 2 heterocycles. The Hall–Kier alpha value is -1.91. The highest BCUT2D eigenvalue weighted by atomic mass is 16.5. The minimum Gasteiger partial charge on any atom is -0.493 e. The Morgan fingerprint density at radius 3 is 3.07 bits per heavy atom. The van der Waals surface area contributed by atoms with Crippen LogP contribution in [0.15, 0.2) is 12.1 Å². The van der Waals surface area contributed by atoms with Gasteiger partial charge in [0.2, 0.25) is 5.95 Å². The van der Waals surface area contributed by atoms with Crippen LogP contribution in [0.25, 0.3) is 11.0 Å². The van der Waals surface area contributed by atoms with Crippen LogP contribution in [0.1, 0.15) is 5.56 Å². The summed E-state index contributed by atoms with van der Waals surface area (Å²) in [6.45, 7) is 0.731. The molecule has 1 aliphatic rings. The Morgan fingerprint density at radius 1 is 1.21 bits per heavy atom. The average Bonchev–Trinajstić information content (AvgIpc) is 2.61. The van der Waals surface area contributed by atoms with Crippen LogP contribution in [0, 0.1) is 0 Å². The first-order valence-corrected chi connectivity index (χ1v) is 4.38. The molecule has 5 heteroatoms. The molecule has 0 radical (unpaired) electrons. The summed E-state index contributed by atoms with van der Waals surface area (Å²) in [7, 11) is 0. The summed E-state index contributed by atoms with van der Waals surface area (Å²) >= 11 is 0. The molecule has 0 saturated carbocycles. The Labute approximate surface area is 79.9 Å². The molecule has 3 rings (SSSR count). The van der Waals surface area contributed by atoms with E-state index in [1.54, 1.807) is 0 Å². The van der Waals surface area contributed by atoms with Gasteiger partial charge in [0.25, 0.3) is 0 Å². The minimum absolute atomic E-state index is 0.205. The molecular formula is C9H8N4O. The summed E-state index contributed by atoms with van der Waals surface area (Å²) in [4.78, 5) is 4.10. The predicted octanol–water partition coefficient (Wildman–Crippen LogP) is 0.542. The molecular weight excluding hydrogens is 180 g/mol. The maximum absolute atomic E-state index is 5.45. The number of ether oxygens (including phenoxy) is 1. The Bertz CT molecular complexity index is 511. The molecule has 0 unspecified atom stereocenters. The summed E-state index contributed by atoms with van der Waals surface area (Å²) in [5.74, 6) is 1.09. The average molecular weight is 188 g/mol. The highest BCUT2D eigenvalue weighted by molar-refractivity contribution is 5.78. The number of nitrogens with zero attached hydrogens (tertiary/aromatic N) is 3. The number of nitrogens with two attached hydrogens (primary N) is 1. The SMILES string of the molecule is Nc1nnc2cc3c(cc2n1)CCO3. The molecule has 70 valence electrons. The number of aromatic nitrogens is 3. The number of benzene rings is 1. The van der Waals surface area contributed by atoms with E-state index >= 15 is 0 Å². The highest BCUT2D eigenvalue weighted by Crippen LogP contribution is 2.28. The van der Waals surface area contributed by atoms with Gasteiger partial charge in [-0.1, -0.05) is 0 Å². The molecule has 1 aromatic heterocycles. The molecule has 1 aliphatic heterocycles. The van der Waals surface area contributed by atoms with E-state index in [0.29, 0.717) is 0 Å². The fraction of sp³-hybridized carbons (Fsp3) is 0.222. The van der Waals surface area contributed by atoms with Crippen molar-refractivity contribution < 1.29 is 4.74 Å². The maximum atomic E-state index is 5.45. The van der Waals surface area contributed by atoms with Crippen molar-refractivity contribution in [1.29, 1.82) is 0 Å². The number of hydrogen-bond donors (Lipinski definition) is 1. The molecule has 0 saturated heterocycles. The first-order chi connectivity index (χ1) is 6.83. The molecule has 2 aromatic rings. The van der Waals surface area contributed by atoms with Crippen LogP contribution in [0.3, 0.4) is 0 Å². The van der Waals surface area contributed by atoms with Crippen molar-refractivity contribution in [3.63, 3.8) is 0 Å². The van der Waals surface area contributed by atoms with Crippen LogP contribution in [0.4, 0.5) is 5.95 Å². The van der Waals surface area contributed by atoms with Gasteiger partial charge in [-0.25, -0.2) is 4.98 Å². The predicted molar refractivity (Wildman–Crippen MR) is 50.9 cm³/mol.